The highest BCUT2D eigenvalue weighted by atomic mass is 79.9. The number of phenols is 1. The van der Waals surface area contributed by atoms with Crippen molar-refractivity contribution in [1.29, 1.82) is 0 Å². The van der Waals surface area contributed by atoms with Crippen molar-refractivity contribution in [3.8, 4) is 5.75 Å². The summed E-state index contributed by atoms with van der Waals surface area (Å²) in [6.07, 6.45) is 0. The Balaban J connectivity index is 2.31. The molecule has 3 nitrogen and oxygen atoms in total. The summed E-state index contributed by atoms with van der Waals surface area (Å²) in [5, 5.41) is 12.5. The van der Waals surface area contributed by atoms with E-state index in [1.54, 1.807) is 18.2 Å². The monoisotopic (exact) mass is 447 g/mol. The van der Waals surface area contributed by atoms with Gasteiger partial charge in [-0.2, -0.15) is 0 Å². The molecule has 2 N–H and O–H groups in total. The average molecular weight is 450 g/mol. The number of carbonyl (C=O) groups excluding carboxylic acids is 1. The van der Waals surface area contributed by atoms with Crippen LogP contribution < -0.4 is 5.32 Å². The lowest BCUT2D eigenvalue weighted by molar-refractivity contribution is 0.102. The first-order valence-electron chi connectivity index (χ1n) is 5.23. The number of benzene rings is 2. The van der Waals surface area contributed by atoms with Crippen LogP contribution in [0.15, 0.2) is 49.8 Å². The number of anilines is 1. The van der Waals surface area contributed by atoms with Crippen molar-refractivity contribution in [2.45, 2.75) is 0 Å². The van der Waals surface area contributed by atoms with Crippen LogP contribution in [0.25, 0.3) is 0 Å². The molecule has 98 valence electrons. The lowest BCUT2D eigenvalue weighted by Crippen LogP contribution is -2.13. The minimum Gasteiger partial charge on any atom is -0.507 e. The largest absolute Gasteiger partial charge is 0.507 e. The molecule has 0 aromatic heterocycles. The third-order valence-corrected chi connectivity index (χ3v) is 4.21. The van der Waals surface area contributed by atoms with Gasteiger partial charge in [0, 0.05) is 13.4 Å². The van der Waals surface area contributed by atoms with E-state index in [1.165, 1.54) is 6.07 Å². The number of aromatic hydroxyl groups is 1. The summed E-state index contributed by atoms with van der Waals surface area (Å²) in [6.45, 7) is 0. The van der Waals surface area contributed by atoms with Crippen LogP contribution in [-0.4, -0.2) is 11.0 Å². The second kappa shape index (κ2) is 6.07. The maximum atomic E-state index is 12.2. The topological polar surface area (TPSA) is 49.3 Å². The van der Waals surface area contributed by atoms with Crippen molar-refractivity contribution in [2.75, 3.05) is 5.32 Å². The van der Waals surface area contributed by atoms with Gasteiger partial charge in [-0.05, 0) is 62.2 Å². The van der Waals surface area contributed by atoms with Crippen LogP contribution in [-0.2, 0) is 0 Å². The second-order valence-electron chi connectivity index (χ2n) is 3.71. The van der Waals surface area contributed by atoms with E-state index in [0.717, 1.165) is 8.95 Å². The lowest BCUT2D eigenvalue weighted by atomic mass is 10.2. The van der Waals surface area contributed by atoms with Crippen molar-refractivity contribution >= 4 is 59.4 Å². The first-order chi connectivity index (χ1) is 8.99. The standard InChI is InChI=1S/C13H8Br3NO2/c14-7-4-5-10(9(16)6-7)17-13(19)12-8(15)2-1-3-11(12)18/h1-6,18H,(H,17,19). The van der Waals surface area contributed by atoms with Gasteiger partial charge in [0.1, 0.15) is 5.75 Å². The third-order valence-electron chi connectivity index (χ3n) is 2.40. The number of halogens is 3. The predicted octanol–water partition coefficient (Wildman–Crippen LogP) is 4.93. The fourth-order valence-corrected chi connectivity index (χ4v) is 3.20. The highest BCUT2D eigenvalue weighted by Gasteiger charge is 2.15. The highest BCUT2D eigenvalue weighted by molar-refractivity contribution is 9.11. The van der Waals surface area contributed by atoms with Crippen LogP contribution in [0.2, 0.25) is 0 Å². The van der Waals surface area contributed by atoms with E-state index < -0.39 is 0 Å². The molecule has 1 amide bonds. The van der Waals surface area contributed by atoms with Gasteiger partial charge in [0.2, 0.25) is 0 Å². The maximum absolute atomic E-state index is 12.2. The molecule has 19 heavy (non-hydrogen) atoms. The number of phenolic OH excluding ortho intramolecular Hbond substituents is 1. The zero-order chi connectivity index (χ0) is 14.0. The molecule has 2 aromatic carbocycles. The molecule has 0 fully saturated rings. The van der Waals surface area contributed by atoms with Gasteiger partial charge in [0.25, 0.3) is 5.91 Å². The number of carbonyl (C=O) groups is 1. The molecule has 0 aliphatic carbocycles. The summed E-state index contributed by atoms with van der Waals surface area (Å²) in [7, 11) is 0. The van der Waals surface area contributed by atoms with Gasteiger partial charge in [-0.25, -0.2) is 0 Å². The summed E-state index contributed by atoms with van der Waals surface area (Å²) in [6, 6.07) is 10.2. The van der Waals surface area contributed by atoms with Crippen LogP contribution in [0, 0.1) is 0 Å². The first kappa shape index (κ1) is 14.6. The molecule has 2 rings (SSSR count). The molecule has 0 unspecified atom stereocenters. The molecule has 0 radical (unpaired) electrons. The summed E-state index contributed by atoms with van der Waals surface area (Å²) in [5.41, 5.74) is 0.834. The summed E-state index contributed by atoms with van der Waals surface area (Å²) in [5.74, 6) is -0.451. The van der Waals surface area contributed by atoms with Gasteiger partial charge in [-0.1, -0.05) is 22.0 Å². The zero-order valence-corrected chi connectivity index (χ0v) is 14.2. The fourth-order valence-electron chi connectivity index (χ4n) is 1.51. The highest BCUT2D eigenvalue weighted by Crippen LogP contribution is 2.29. The summed E-state index contributed by atoms with van der Waals surface area (Å²) < 4.78 is 2.20. The molecule has 0 saturated heterocycles. The molecule has 0 atom stereocenters. The van der Waals surface area contributed by atoms with E-state index in [1.807, 2.05) is 12.1 Å². The van der Waals surface area contributed by atoms with E-state index in [4.69, 9.17) is 0 Å². The van der Waals surface area contributed by atoms with Crippen molar-refractivity contribution in [3.05, 3.63) is 55.4 Å². The number of rotatable bonds is 2. The van der Waals surface area contributed by atoms with Crippen LogP contribution in [0.1, 0.15) is 10.4 Å². The second-order valence-corrected chi connectivity index (χ2v) is 6.34. The average Bonchev–Trinajstić information content (AvgIpc) is 2.32. The Kier molecular flexibility index (Phi) is 4.65. The van der Waals surface area contributed by atoms with Gasteiger partial charge in [0.15, 0.2) is 0 Å². The van der Waals surface area contributed by atoms with E-state index in [0.29, 0.717) is 10.2 Å². The molecule has 0 heterocycles. The molecule has 0 aliphatic heterocycles. The first-order valence-corrected chi connectivity index (χ1v) is 7.61. The Labute approximate surface area is 135 Å². The number of nitrogens with one attached hydrogen (secondary N) is 1. The Morgan fingerprint density at radius 2 is 1.79 bits per heavy atom. The van der Waals surface area contributed by atoms with Gasteiger partial charge in [0.05, 0.1) is 11.3 Å². The Hall–Kier alpha value is -0.850. The lowest BCUT2D eigenvalue weighted by Gasteiger charge is -2.10. The number of hydrogen-bond acceptors (Lipinski definition) is 2. The molecular weight excluding hydrogens is 442 g/mol. The normalized spacial score (nSPS) is 10.3. The van der Waals surface area contributed by atoms with Crippen LogP contribution in [0.4, 0.5) is 5.69 Å². The third kappa shape index (κ3) is 3.38. The number of amides is 1. The fraction of sp³-hybridized carbons (Fsp3) is 0. The Morgan fingerprint density at radius 3 is 2.42 bits per heavy atom. The van der Waals surface area contributed by atoms with Crippen molar-refractivity contribution in [1.82, 2.24) is 0 Å². The van der Waals surface area contributed by atoms with Crippen LogP contribution in [0.5, 0.6) is 5.75 Å². The van der Waals surface area contributed by atoms with Crippen molar-refractivity contribution in [2.24, 2.45) is 0 Å². The van der Waals surface area contributed by atoms with Crippen LogP contribution >= 0.6 is 47.8 Å². The van der Waals surface area contributed by atoms with E-state index >= 15 is 0 Å². The molecule has 0 aliphatic rings. The molecule has 2 aromatic rings. The molecule has 6 heteroatoms. The van der Waals surface area contributed by atoms with Gasteiger partial charge < -0.3 is 10.4 Å². The minimum absolute atomic E-state index is 0.0693. The van der Waals surface area contributed by atoms with Crippen molar-refractivity contribution in [3.63, 3.8) is 0 Å². The quantitative estimate of drug-likeness (QED) is 0.682. The van der Waals surface area contributed by atoms with Gasteiger partial charge in [-0.15, -0.1) is 0 Å². The molecule has 0 saturated carbocycles. The van der Waals surface area contributed by atoms with Gasteiger partial charge >= 0.3 is 0 Å². The number of hydrogen-bond donors (Lipinski definition) is 2. The molecular formula is C13H8Br3NO2. The van der Waals surface area contributed by atoms with E-state index in [2.05, 4.69) is 53.1 Å². The minimum atomic E-state index is -0.381. The van der Waals surface area contributed by atoms with Crippen molar-refractivity contribution < 1.29 is 9.90 Å². The molecule has 0 spiro atoms. The predicted molar refractivity (Wildman–Crippen MR) is 85.6 cm³/mol. The SMILES string of the molecule is O=C(Nc1ccc(Br)cc1Br)c1c(O)cccc1Br. The zero-order valence-electron chi connectivity index (χ0n) is 9.45. The summed E-state index contributed by atoms with van der Waals surface area (Å²) in [4.78, 5) is 12.2. The summed E-state index contributed by atoms with van der Waals surface area (Å²) >= 11 is 9.96. The smallest absolute Gasteiger partial charge is 0.260 e. The van der Waals surface area contributed by atoms with Gasteiger partial charge in [-0.3, -0.25) is 4.79 Å². The van der Waals surface area contributed by atoms with E-state index in [9.17, 15) is 9.90 Å². The van der Waals surface area contributed by atoms with E-state index in [-0.39, 0.29) is 17.2 Å². The Morgan fingerprint density at radius 1 is 1.05 bits per heavy atom. The molecule has 0 bridgehead atoms. The maximum Gasteiger partial charge on any atom is 0.260 e. The Bertz CT molecular complexity index is 624. The van der Waals surface area contributed by atoms with Crippen LogP contribution in [0.3, 0.4) is 0 Å².